The third-order valence-electron chi connectivity index (χ3n) is 2.41. The van der Waals surface area contributed by atoms with Crippen LogP contribution in [0.15, 0.2) is 39.8 Å². The van der Waals surface area contributed by atoms with E-state index in [9.17, 15) is 13.2 Å². The Balaban J connectivity index is 2.31. The predicted octanol–water partition coefficient (Wildman–Crippen LogP) is 2.33. The molecule has 0 aliphatic rings. The molecular formula is C11H9BrClN3O3S. The van der Waals surface area contributed by atoms with E-state index in [2.05, 4.69) is 26.2 Å². The van der Waals surface area contributed by atoms with Crippen LogP contribution in [0.2, 0.25) is 5.02 Å². The first-order chi connectivity index (χ1) is 9.27. The summed E-state index contributed by atoms with van der Waals surface area (Å²) in [7, 11) is -3.86. The van der Waals surface area contributed by atoms with E-state index in [1.165, 1.54) is 18.2 Å². The van der Waals surface area contributed by atoms with E-state index in [0.717, 1.165) is 0 Å². The van der Waals surface area contributed by atoms with Crippen molar-refractivity contribution in [1.82, 2.24) is 4.98 Å². The molecule has 0 atom stereocenters. The molecule has 2 aromatic rings. The highest BCUT2D eigenvalue weighted by Gasteiger charge is 2.14. The summed E-state index contributed by atoms with van der Waals surface area (Å²) in [5, 5.41) is 7.74. The second-order valence-corrected chi connectivity index (χ2v) is 6.76. The number of carbonyl (C=O) groups is 1. The van der Waals surface area contributed by atoms with Gasteiger partial charge >= 0.3 is 0 Å². The van der Waals surface area contributed by atoms with E-state index in [1.807, 2.05) is 0 Å². The average molecular weight is 379 g/mol. The lowest BCUT2D eigenvalue weighted by Gasteiger charge is -2.08. The smallest absolute Gasteiger partial charge is 0.272 e. The number of benzene rings is 1. The lowest BCUT2D eigenvalue weighted by Crippen LogP contribution is -2.15. The molecule has 1 heterocycles. The Morgan fingerprint density at radius 2 is 2.05 bits per heavy atom. The normalized spacial score (nSPS) is 11.3. The van der Waals surface area contributed by atoms with Crippen molar-refractivity contribution in [2.45, 2.75) is 4.90 Å². The number of rotatable bonds is 3. The van der Waals surface area contributed by atoms with E-state index in [0.29, 0.717) is 10.2 Å². The summed E-state index contributed by atoms with van der Waals surface area (Å²) in [5.41, 5.74) is 0.461. The number of nitrogens with one attached hydrogen (secondary N) is 2. The van der Waals surface area contributed by atoms with Gasteiger partial charge in [0.25, 0.3) is 5.91 Å². The number of amides is 1. The molecular weight excluding hydrogens is 370 g/mol. The summed E-state index contributed by atoms with van der Waals surface area (Å²) in [4.78, 5) is 14.5. The SMILES string of the molecule is NS(=O)(=O)c1ccc(Cl)c(NC(=O)c2cc(Br)c[nH]2)c1. The van der Waals surface area contributed by atoms with Gasteiger partial charge in [0.1, 0.15) is 5.69 Å². The minimum Gasteiger partial charge on any atom is -0.356 e. The number of carbonyl (C=O) groups excluding carboxylic acids is 1. The fourth-order valence-corrected chi connectivity index (χ4v) is 2.51. The van der Waals surface area contributed by atoms with Crippen LogP contribution in [0.4, 0.5) is 5.69 Å². The fourth-order valence-electron chi connectivity index (χ4n) is 1.47. The Labute approximate surface area is 128 Å². The molecule has 0 bridgehead atoms. The molecule has 0 saturated heterocycles. The largest absolute Gasteiger partial charge is 0.356 e. The molecule has 9 heteroatoms. The maximum atomic E-state index is 11.9. The number of H-pyrrole nitrogens is 1. The third-order valence-corrected chi connectivity index (χ3v) is 4.11. The minimum atomic E-state index is -3.86. The standard InChI is InChI=1S/C11H9BrClN3O3S/c12-6-3-10(15-5-6)11(17)16-9-4-7(20(14,18)19)1-2-8(9)13/h1-5,15H,(H,16,17)(H2,14,18,19). The van der Waals surface area contributed by atoms with Crippen LogP contribution in [0, 0.1) is 0 Å². The van der Waals surface area contributed by atoms with Crippen molar-refractivity contribution in [3.05, 3.63) is 45.7 Å². The summed E-state index contributed by atoms with van der Waals surface area (Å²) in [5.74, 6) is -0.454. The Hall–Kier alpha value is -1.35. The molecule has 6 nitrogen and oxygen atoms in total. The Morgan fingerprint density at radius 1 is 1.35 bits per heavy atom. The van der Waals surface area contributed by atoms with Gasteiger partial charge in [-0.2, -0.15) is 0 Å². The van der Waals surface area contributed by atoms with Crippen LogP contribution >= 0.6 is 27.5 Å². The van der Waals surface area contributed by atoms with Crippen LogP contribution in [0.3, 0.4) is 0 Å². The third kappa shape index (κ3) is 3.40. The zero-order valence-corrected chi connectivity index (χ0v) is 13.0. The summed E-state index contributed by atoms with van der Waals surface area (Å²) in [6, 6.07) is 5.39. The fraction of sp³-hybridized carbons (Fsp3) is 0. The number of hydrogen-bond acceptors (Lipinski definition) is 3. The van der Waals surface area contributed by atoms with Gasteiger partial charge in [-0.15, -0.1) is 0 Å². The Morgan fingerprint density at radius 3 is 2.60 bits per heavy atom. The van der Waals surface area contributed by atoms with E-state index in [-0.39, 0.29) is 15.6 Å². The number of aromatic amines is 1. The maximum absolute atomic E-state index is 11.9. The number of primary sulfonamides is 1. The molecule has 1 aromatic carbocycles. The van der Waals surface area contributed by atoms with Crippen molar-refractivity contribution in [1.29, 1.82) is 0 Å². The number of anilines is 1. The van der Waals surface area contributed by atoms with Crippen LogP contribution < -0.4 is 10.5 Å². The van der Waals surface area contributed by atoms with E-state index in [4.69, 9.17) is 16.7 Å². The van der Waals surface area contributed by atoms with Gasteiger partial charge in [0.15, 0.2) is 0 Å². The highest BCUT2D eigenvalue weighted by Crippen LogP contribution is 2.25. The molecule has 0 fully saturated rings. The lowest BCUT2D eigenvalue weighted by atomic mass is 10.3. The molecule has 0 aliphatic heterocycles. The molecule has 1 aromatic heterocycles. The van der Waals surface area contributed by atoms with Crippen LogP contribution in [0.1, 0.15) is 10.5 Å². The molecule has 0 spiro atoms. The first-order valence-electron chi connectivity index (χ1n) is 5.25. The van der Waals surface area contributed by atoms with Crippen molar-refractivity contribution in [2.24, 2.45) is 5.14 Å². The minimum absolute atomic E-state index is 0.134. The van der Waals surface area contributed by atoms with E-state index in [1.54, 1.807) is 12.3 Å². The molecule has 2 rings (SSSR count). The molecule has 4 N–H and O–H groups in total. The van der Waals surface area contributed by atoms with Crippen molar-refractivity contribution in [2.75, 3.05) is 5.32 Å². The van der Waals surface area contributed by atoms with E-state index < -0.39 is 15.9 Å². The topological polar surface area (TPSA) is 105 Å². The number of sulfonamides is 1. The van der Waals surface area contributed by atoms with Crippen molar-refractivity contribution in [3.8, 4) is 0 Å². The summed E-state index contributed by atoms with van der Waals surface area (Å²) >= 11 is 9.12. The van der Waals surface area contributed by atoms with Gasteiger partial charge in [-0.25, -0.2) is 13.6 Å². The first kappa shape index (κ1) is 15.0. The monoisotopic (exact) mass is 377 g/mol. The van der Waals surface area contributed by atoms with Gasteiger partial charge in [-0.3, -0.25) is 4.79 Å². The molecule has 0 radical (unpaired) electrons. The van der Waals surface area contributed by atoms with Gasteiger partial charge in [0.05, 0.1) is 15.6 Å². The average Bonchev–Trinajstić information content (AvgIpc) is 2.77. The number of halogens is 2. The quantitative estimate of drug-likeness (QED) is 0.763. The van der Waals surface area contributed by atoms with Gasteiger partial charge in [-0.05, 0) is 40.2 Å². The Bertz CT molecular complexity index is 773. The molecule has 0 unspecified atom stereocenters. The summed E-state index contributed by atoms with van der Waals surface area (Å²) in [6.07, 6.45) is 1.59. The molecule has 0 saturated carbocycles. The molecule has 1 amide bonds. The second-order valence-electron chi connectivity index (χ2n) is 3.87. The van der Waals surface area contributed by atoms with E-state index >= 15 is 0 Å². The number of aromatic nitrogens is 1. The predicted molar refractivity (Wildman–Crippen MR) is 79.3 cm³/mol. The van der Waals surface area contributed by atoms with Crippen LogP contribution in [-0.2, 0) is 10.0 Å². The van der Waals surface area contributed by atoms with Gasteiger partial charge in [-0.1, -0.05) is 11.6 Å². The zero-order valence-electron chi connectivity index (χ0n) is 9.85. The van der Waals surface area contributed by atoms with Crippen molar-refractivity contribution < 1.29 is 13.2 Å². The molecule has 20 heavy (non-hydrogen) atoms. The highest BCUT2D eigenvalue weighted by atomic mass is 79.9. The Kier molecular flexibility index (Phi) is 4.19. The van der Waals surface area contributed by atoms with Crippen LogP contribution in [0.5, 0.6) is 0 Å². The molecule has 0 aliphatic carbocycles. The van der Waals surface area contributed by atoms with Gasteiger partial charge < -0.3 is 10.3 Å². The maximum Gasteiger partial charge on any atom is 0.272 e. The van der Waals surface area contributed by atoms with Crippen LogP contribution in [-0.4, -0.2) is 19.3 Å². The first-order valence-corrected chi connectivity index (χ1v) is 7.97. The van der Waals surface area contributed by atoms with Crippen molar-refractivity contribution >= 4 is 49.1 Å². The summed E-state index contributed by atoms with van der Waals surface area (Å²) < 4.78 is 23.2. The molecule has 106 valence electrons. The van der Waals surface area contributed by atoms with Gasteiger partial charge in [0.2, 0.25) is 10.0 Å². The van der Waals surface area contributed by atoms with Crippen molar-refractivity contribution in [3.63, 3.8) is 0 Å². The number of nitrogens with two attached hydrogens (primary N) is 1. The summed E-state index contributed by atoms with van der Waals surface area (Å²) in [6.45, 7) is 0. The zero-order chi connectivity index (χ0) is 14.9. The van der Waals surface area contributed by atoms with Crippen LogP contribution in [0.25, 0.3) is 0 Å². The second kappa shape index (κ2) is 5.57. The highest BCUT2D eigenvalue weighted by molar-refractivity contribution is 9.10. The lowest BCUT2D eigenvalue weighted by molar-refractivity contribution is 0.102. The number of hydrogen-bond donors (Lipinski definition) is 3. The van der Waals surface area contributed by atoms with Gasteiger partial charge in [0, 0.05) is 10.7 Å².